The van der Waals surface area contributed by atoms with Crippen molar-refractivity contribution in [1.82, 2.24) is 9.80 Å². The standard InChI is InChI=1S/C34H42F2N2O4/c1-37(22-25-19-31(40-2)34(42-4)32(20-25)41-3)21-24-17-18-38(23-24)33(39)8-6-5-7-30(26-9-13-28(35)14-10-26)27-11-15-29(36)16-12-27/h9-16,19-20,24,30H,5-8,17-18,21-23H2,1-4H3. The van der Waals surface area contributed by atoms with Crippen molar-refractivity contribution in [3.8, 4) is 17.2 Å². The van der Waals surface area contributed by atoms with Crippen molar-refractivity contribution in [2.45, 2.75) is 44.6 Å². The molecule has 8 heteroatoms. The van der Waals surface area contributed by atoms with E-state index in [-0.39, 0.29) is 23.5 Å². The van der Waals surface area contributed by atoms with Crippen LogP contribution in [-0.2, 0) is 11.3 Å². The van der Waals surface area contributed by atoms with Gasteiger partial charge in [0.1, 0.15) is 11.6 Å². The lowest BCUT2D eigenvalue weighted by Crippen LogP contribution is -2.31. The van der Waals surface area contributed by atoms with E-state index in [0.717, 1.165) is 68.6 Å². The first-order chi connectivity index (χ1) is 20.3. The Morgan fingerprint density at radius 2 is 1.48 bits per heavy atom. The van der Waals surface area contributed by atoms with Crippen LogP contribution in [0.1, 0.15) is 54.7 Å². The molecule has 1 unspecified atom stereocenters. The average Bonchev–Trinajstić information content (AvgIpc) is 3.46. The van der Waals surface area contributed by atoms with Gasteiger partial charge >= 0.3 is 0 Å². The maximum atomic E-state index is 13.5. The summed E-state index contributed by atoms with van der Waals surface area (Å²) < 4.78 is 43.4. The van der Waals surface area contributed by atoms with Crippen LogP contribution >= 0.6 is 0 Å². The van der Waals surface area contributed by atoms with E-state index in [1.807, 2.05) is 17.0 Å². The van der Waals surface area contributed by atoms with Gasteiger partial charge in [0.2, 0.25) is 11.7 Å². The predicted molar refractivity (Wildman–Crippen MR) is 160 cm³/mol. The minimum Gasteiger partial charge on any atom is -0.493 e. The lowest BCUT2D eigenvalue weighted by molar-refractivity contribution is -0.130. The lowest BCUT2D eigenvalue weighted by atomic mass is 9.87. The second kappa shape index (κ2) is 15.0. The summed E-state index contributed by atoms with van der Waals surface area (Å²) in [6, 6.07) is 16.9. The number of halogens is 2. The molecular weight excluding hydrogens is 538 g/mol. The molecule has 1 aliphatic rings. The molecule has 1 saturated heterocycles. The van der Waals surface area contributed by atoms with Gasteiger partial charge in [-0.3, -0.25) is 4.79 Å². The van der Waals surface area contributed by atoms with Crippen molar-refractivity contribution in [1.29, 1.82) is 0 Å². The molecule has 0 saturated carbocycles. The van der Waals surface area contributed by atoms with Crippen molar-refractivity contribution < 1.29 is 27.8 Å². The molecule has 1 amide bonds. The van der Waals surface area contributed by atoms with E-state index in [9.17, 15) is 13.6 Å². The zero-order valence-corrected chi connectivity index (χ0v) is 25.1. The number of methoxy groups -OCH3 is 3. The first-order valence-corrected chi connectivity index (χ1v) is 14.6. The van der Waals surface area contributed by atoms with Gasteiger partial charge in [-0.2, -0.15) is 0 Å². The molecule has 1 aliphatic heterocycles. The predicted octanol–water partition coefficient (Wildman–Crippen LogP) is 6.66. The number of unbranched alkanes of at least 4 members (excludes halogenated alkanes) is 1. The van der Waals surface area contributed by atoms with Gasteiger partial charge in [0.15, 0.2) is 11.5 Å². The van der Waals surface area contributed by atoms with E-state index in [4.69, 9.17) is 14.2 Å². The Bertz CT molecular complexity index is 1230. The molecule has 0 aromatic heterocycles. The van der Waals surface area contributed by atoms with Crippen LogP contribution in [0.3, 0.4) is 0 Å². The Labute approximate surface area is 248 Å². The average molecular weight is 581 g/mol. The highest BCUT2D eigenvalue weighted by molar-refractivity contribution is 5.76. The second-order valence-electron chi connectivity index (χ2n) is 11.1. The van der Waals surface area contributed by atoms with Crippen molar-refractivity contribution >= 4 is 5.91 Å². The van der Waals surface area contributed by atoms with Gasteiger partial charge in [-0.25, -0.2) is 8.78 Å². The molecule has 1 fully saturated rings. The molecule has 0 bridgehead atoms. The molecule has 3 aromatic rings. The number of hydrogen-bond donors (Lipinski definition) is 0. The zero-order valence-electron chi connectivity index (χ0n) is 25.1. The van der Waals surface area contributed by atoms with Crippen LogP contribution < -0.4 is 14.2 Å². The molecule has 0 spiro atoms. The Hall–Kier alpha value is -3.65. The smallest absolute Gasteiger partial charge is 0.222 e. The molecule has 3 aromatic carbocycles. The fourth-order valence-corrected chi connectivity index (χ4v) is 5.95. The third kappa shape index (κ3) is 8.22. The van der Waals surface area contributed by atoms with Gasteiger partial charge in [0.25, 0.3) is 0 Å². The van der Waals surface area contributed by atoms with Crippen LogP contribution in [0.5, 0.6) is 17.2 Å². The summed E-state index contributed by atoms with van der Waals surface area (Å²) in [5.74, 6) is 1.94. The maximum Gasteiger partial charge on any atom is 0.222 e. The van der Waals surface area contributed by atoms with Crippen LogP contribution in [0.4, 0.5) is 8.78 Å². The number of carbonyl (C=O) groups is 1. The van der Waals surface area contributed by atoms with Crippen molar-refractivity contribution in [3.63, 3.8) is 0 Å². The Morgan fingerprint density at radius 1 is 0.905 bits per heavy atom. The maximum absolute atomic E-state index is 13.5. The fourth-order valence-electron chi connectivity index (χ4n) is 5.95. The summed E-state index contributed by atoms with van der Waals surface area (Å²) in [6.45, 7) is 3.17. The molecule has 4 rings (SSSR count). The topological polar surface area (TPSA) is 51.2 Å². The number of benzene rings is 3. The van der Waals surface area contributed by atoms with Crippen molar-refractivity contribution in [2.75, 3.05) is 48.0 Å². The van der Waals surface area contributed by atoms with Crippen LogP contribution in [0.15, 0.2) is 60.7 Å². The summed E-state index contributed by atoms with van der Waals surface area (Å²) >= 11 is 0. The number of hydrogen-bond acceptors (Lipinski definition) is 5. The first-order valence-electron chi connectivity index (χ1n) is 14.6. The molecule has 6 nitrogen and oxygen atoms in total. The number of amides is 1. The number of nitrogens with zero attached hydrogens (tertiary/aromatic N) is 2. The fraction of sp³-hybridized carbons (Fsp3) is 0.441. The van der Waals surface area contributed by atoms with Gasteiger partial charge in [-0.05, 0) is 85.3 Å². The third-order valence-corrected chi connectivity index (χ3v) is 8.06. The summed E-state index contributed by atoms with van der Waals surface area (Å²) in [4.78, 5) is 17.3. The van der Waals surface area contributed by atoms with Gasteiger partial charge in [-0.15, -0.1) is 0 Å². The van der Waals surface area contributed by atoms with Crippen LogP contribution in [0.2, 0.25) is 0 Å². The van der Waals surface area contributed by atoms with Gasteiger partial charge < -0.3 is 24.0 Å². The normalized spacial score (nSPS) is 15.0. The molecular formula is C34H42F2N2O4. The molecule has 226 valence electrons. The Balaban J connectivity index is 1.24. The van der Waals surface area contributed by atoms with E-state index >= 15 is 0 Å². The number of ether oxygens (including phenoxy) is 3. The van der Waals surface area contributed by atoms with E-state index in [1.54, 1.807) is 45.6 Å². The van der Waals surface area contributed by atoms with E-state index in [0.29, 0.717) is 29.6 Å². The zero-order chi connectivity index (χ0) is 30.1. The van der Waals surface area contributed by atoms with Gasteiger partial charge in [0, 0.05) is 38.5 Å². The highest BCUT2D eigenvalue weighted by Gasteiger charge is 2.27. The largest absolute Gasteiger partial charge is 0.493 e. The van der Waals surface area contributed by atoms with Gasteiger partial charge in [-0.1, -0.05) is 30.7 Å². The minimum absolute atomic E-state index is 0.0265. The van der Waals surface area contributed by atoms with E-state index in [1.165, 1.54) is 24.3 Å². The quantitative estimate of drug-likeness (QED) is 0.200. The van der Waals surface area contributed by atoms with Crippen molar-refractivity contribution in [3.05, 3.63) is 89.0 Å². The highest BCUT2D eigenvalue weighted by Crippen LogP contribution is 2.38. The van der Waals surface area contributed by atoms with Crippen molar-refractivity contribution in [2.24, 2.45) is 5.92 Å². The lowest BCUT2D eigenvalue weighted by Gasteiger charge is -2.23. The van der Waals surface area contributed by atoms with E-state index < -0.39 is 0 Å². The minimum atomic E-state index is -0.279. The third-order valence-electron chi connectivity index (χ3n) is 8.06. The summed E-state index contributed by atoms with van der Waals surface area (Å²) in [5, 5.41) is 0. The molecule has 0 aliphatic carbocycles. The number of carbonyl (C=O) groups excluding carboxylic acids is 1. The summed E-state index contributed by atoms with van der Waals surface area (Å²) in [7, 11) is 6.92. The first kappa shape index (κ1) is 31.3. The number of likely N-dealkylation sites (tertiary alicyclic amines) is 1. The SMILES string of the molecule is COc1cc(CN(C)CC2CCN(C(=O)CCCCC(c3ccc(F)cc3)c3ccc(F)cc3)C2)cc(OC)c1OC. The second-order valence-corrected chi connectivity index (χ2v) is 11.1. The molecule has 42 heavy (non-hydrogen) atoms. The van der Waals surface area contributed by atoms with Crippen LogP contribution in [-0.4, -0.2) is 63.7 Å². The van der Waals surface area contributed by atoms with Crippen LogP contribution in [0.25, 0.3) is 0 Å². The monoisotopic (exact) mass is 580 g/mol. The summed E-state index contributed by atoms with van der Waals surface area (Å²) in [5.41, 5.74) is 3.05. The number of rotatable bonds is 14. The Morgan fingerprint density at radius 3 is 2.00 bits per heavy atom. The van der Waals surface area contributed by atoms with Gasteiger partial charge in [0.05, 0.1) is 21.3 Å². The van der Waals surface area contributed by atoms with E-state index in [2.05, 4.69) is 11.9 Å². The summed E-state index contributed by atoms with van der Waals surface area (Å²) in [6.07, 6.45) is 3.93. The molecule has 1 atom stereocenters. The van der Waals surface area contributed by atoms with Crippen LogP contribution in [0, 0.1) is 17.6 Å². The molecule has 1 heterocycles. The highest BCUT2D eigenvalue weighted by atomic mass is 19.1. The Kier molecular flexibility index (Phi) is 11.2. The molecule has 0 radical (unpaired) electrons. The molecule has 0 N–H and O–H groups in total.